The molecule has 3 rings (SSSR count). The number of halogens is 2. The Morgan fingerprint density at radius 3 is 2.43 bits per heavy atom. The maximum Gasteiger partial charge on any atom is 0.251 e. The van der Waals surface area contributed by atoms with E-state index >= 15 is 0 Å². The molecule has 1 saturated heterocycles. The summed E-state index contributed by atoms with van der Waals surface area (Å²) in [5.41, 5.74) is 1.44. The summed E-state index contributed by atoms with van der Waals surface area (Å²) in [6.45, 7) is 1.93. The van der Waals surface area contributed by atoms with Crippen LogP contribution in [-0.2, 0) is 0 Å². The van der Waals surface area contributed by atoms with Crippen LogP contribution in [0, 0.1) is 5.82 Å². The lowest BCUT2D eigenvalue weighted by atomic mass is 9.89. The quantitative estimate of drug-likeness (QED) is 0.879. The maximum atomic E-state index is 13.9. The molecule has 0 aromatic heterocycles. The number of hydrogen-bond donors (Lipinski definition) is 2. The van der Waals surface area contributed by atoms with E-state index in [0.717, 1.165) is 44.3 Å². The highest BCUT2D eigenvalue weighted by atomic mass is 35.5. The molecule has 0 atom stereocenters. The standard InChI is InChI=1S/C18H25FN2O.ClH/c19-16-11-14(13-6-8-20-9-7-13)10-15(12-16)18(22)21-17-4-2-1-3-5-17;/h10-13,17,20H,1-9H2,(H,21,22);1H. The summed E-state index contributed by atoms with van der Waals surface area (Å²) in [5, 5.41) is 6.39. The third-order valence-electron chi connectivity index (χ3n) is 4.93. The van der Waals surface area contributed by atoms with E-state index in [1.807, 2.05) is 6.07 Å². The van der Waals surface area contributed by atoms with Crippen LogP contribution in [-0.4, -0.2) is 25.0 Å². The van der Waals surface area contributed by atoms with Crippen LogP contribution >= 0.6 is 12.4 Å². The van der Waals surface area contributed by atoms with Gasteiger partial charge in [0.05, 0.1) is 0 Å². The monoisotopic (exact) mass is 340 g/mol. The molecule has 1 aromatic carbocycles. The third-order valence-corrected chi connectivity index (χ3v) is 4.93. The first-order valence-corrected chi connectivity index (χ1v) is 8.54. The van der Waals surface area contributed by atoms with Gasteiger partial charge in [-0.2, -0.15) is 0 Å². The van der Waals surface area contributed by atoms with Gasteiger partial charge in [0.1, 0.15) is 5.82 Å². The van der Waals surface area contributed by atoms with Gasteiger partial charge in [-0.1, -0.05) is 19.3 Å². The van der Waals surface area contributed by atoms with Crippen LogP contribution in [0.3, 0.4) is 0 Å². The molecule has 1 amide bonds. The van der Waals surface area contributed by atoms with Crippen molar-refractivity contribution in [3.8, 4) is 0 Å². The van der Waals surface area contributed by atoms with E-state index in [2.05, 4.69) is 10.6 Å². The predicted octanol–water partition coefficient (Wildman–Crippen LogP) is 3.78. The lowest BCUT2D eigenvalue weighted by Gasteiger charge is -2.24. The SMILES string of the molecule is Cl.O=C(NC1CCCCC1)c1cc(F)cc(C2CCNCC2)c1. The lowest BCUT2D eigenvalue weighted by molar-refractivity contribution is 0.0927. The van der Waals surface area contributed by atoms with Gasteiger partial charge in [-0.15, -0.1) is 12.4 Å². The maximum absolute atomic E-state index is 13.9. The Morgan fingerprint density at radius 2 is 1.74 bits per heavy atom. The Hall–Kier alpha value is -1.13. The number of nitrogens with one attached hydrogen (secondary N) is 2. The number of piperidine rings is 1. The minimum Gasteiger partial charge on any atom is -0.349 e. The van der Waals surface area contributed by atoms with Crippen molar-refractivity contribution in [2.45, 2.75) is 56.9 Å². The van der Waals surface area contributed by atoms with E-state index in [9.17, 15) is 9.18 Å². The van der Waals surface area contributed by atoms with Gasteiger partial charge in [0.2, 0.25) is 0 Å². The first-order chi connectivity index (χ1) is 10.7. The molecule has 2 N–H and O–H groups in total. The molecule has 1 aliphatic heterocycles. The highest BCUT2D eigenvalue weighted by Gasteiger charge is 2.20. The highest BCUT2D eigenvalue weighted by Crippen LogP contribution is 2.27. The predicted molar refractivity (Wildman–Crippen MR) is 92.8 cm³/mol. The average molecular weight is 341 g/mol. The number of rotatable bonds is 3. The summed E-state index contributed by atoms with van der Waals surface area (Å²) in [6.07, 6.45) is 7.71. The van der Waals surface area contributed by atoms with Crippen molar-refractivity contribution < 1.29 is 9.18 Å². The molecule has 0 radical (unpaired) electrons. The minimum atomic E-state index is -0.301. The summed E-state index contributed by atoms with van der Waals surface area (Å²) in [4.78, 5) is 12.4. The first-order valence-electron chi connectivity index (χ1n) is 8.54. The average Bonchev–Trinajstić information content (AvgIpc) is 2.56. The van der Waals surface area contributed by atoms with Gasteiger partial charge in [0.15, 0.2) is 0 Å². The topological polar surface area (TPSA) is 41.1 Å². The minimum absolute atomic E-state index is 0. The Morgan fingerprint density at radius 1 is 1.04 bits per heavy atom. The molecule has 23 heavy (non-hydrogen) atoms. The van der Waals surface area contributed by atoms with Crippen LogP contribution in [0.5, 0.6) is 0 Å². The second kappa shape index (κ2) is 8.65. The molecule has 0 spiro atoms. The molecule has 128 valence electrons. The van der Waals surface area contributed by atoms with Crippen molar-refractivity contribution in [3.63, 3.8) is 0 Å². The number of amides is 1. The van der Waals surface area contributed by atoms with E-state index in [0.29, 0.717) is 11.5 Å². The lowest BCUT2D eigenvalue weighted by Crippen LogP contribution is -2.36. The van der Waals surface area contributed by atoms with E-state index < -0.39 is 0 Å². The zero-order chi connectivity index (χ0) is 15.4. The molecule has 1 aromatic rings. The van der Waals surface area contributed by atoms with Crippen LogP contribution in [0.1, 0.15) is 66.8 Å². The second-order valence-corrected chi connectivity index (χ2v) is 6.61. The molecular formula is C18H26ClFN2O. The zero-order valence-electron chi connectivity index (χ0n) is 13.4. The Labute approximate surface area is 143 Å². The van der Waals surface area contributed by atoms with E-state index in [1.165, 1.54) is 25.3 Å². The molecule has 1 heterocycles. The van der Waals surface area contributed by atoms with Crippen LogP contribution in [0.2, 0.25) is 0 Å². The van der Waals surface area contributed by atoms with Gasteiger partial charge in [0.25, 0.3) is 5.91 Å². The van der Waals surface area contributed by atoms with Crippen molar-refractivity contribution in [1.82, 2.24) is 10.6 Å². The Bertz CT molecular complexity index is 526. The molecule has 1 saturated carbocycles. The molecule has 2 fully saturated rings. The molecule has 5 heteroatoms. The molecule has 2 aliphatic rings. The van der Waals surface area contributed by atoms with Crippen molar-refractivity contribution in [3.05, 3.63) is 35.1 Å². The van der Waals surface area contributed by atoms with Crippen LogP contribution in [0.15, 0.2) is 18.2 Å². The van der Waals surface area contributed by atoms with Crippen LogP contribution < -0.4 is 10.6 Å². The van der Waals surface area contributed by atoms with Crippen molar-refractivity contribution >= 4 is 18.3 Å². The summed E-state index contributed by atoms with van der Waals surface area (Å²) >= 11 is 0. The van der Waals surface area contributed by atoms with Gasteiger partial charge in [-0.05, 0) is 68.5 Å². The van der Waals surface area contributed by atoms with Crippen LogP contribution in [0.4, 0.5) is 4.39 Å². The molecule has 0 bridgehead atoms. The molecule has 1 aliphatic carbocycles. The Kier molecular flexibility index (Phi) is 6.85. The van der Waals surface area contributed by atoms with Gasteiger partial charge in [0, 0.05) is 11.6 Å². The van der Waals surface area contributed by atoms with Gasteiger partial charge in [-0.25, -0.2) is 4.39 Å². The third kappa shape index (κ3) is 4.92. The highest BCUT2D eigenvalue weighted by molar-refractivity contribution is 5.94. The first kappa shape index (κ1) is 18.2. The summed E-state index contributed by atoms with van der Waals surface area (Å²) in [7, 11) is 0. The van der Waals surface area contributed by atoms with E-state index in [-0.39, 0.29) is 30.2 Å². The zero-order valence-corrected chi connectivity index (χ0v) is 14.3. The van der Waals surface area contributed by atoms with Gasteiger partial charge < -0.3 is 10.6 Å². The number of carbonyl (C=O) groups excluding carboxylic acids is 1. The van der Waals surface area contributed by atoms with E-state index in [1.54, 1.807) is 6.07 Å². The smallest absolute Gasteiger partial charge is 0.251 e. The number of carbonyl (C=O) groups is 1. The Balaban J connectivity index is 0.00000192. The number of benzene rings is 1. The van der Waals surface area contributed by atoms with E-state index in [4.69, 9.17) is 0 Å². The fourth-order valence-corrected chi connectivity index (χ4v) is 3.65. The largest absolute Gasteiger partial charge is 0.349 e. The van der Waals surface area contributed by atoms with Crippen LogP contribution in [0.25, 0.3) is 0 Å². The normalized spacial score (nSPS) is 19.9. The molecule has 0 unspecified atom stereocenters. The number of hydrogen-bond acceptors (Lipinski definition) is 2. The summed E-state index contributed by atoms with van der Waals surface area (Å²) < 4.78 is 13.9. The fourth-order valence-electron chi connectivity index (χ4n) is 3.65. The summed E-state index contributed by atoms with van der Waals surface area (Å²) in [5.74, 6) is -0.0652. The molecular weight excluding hydrogens is 315 g/mol. The fraction of sp³-hybridized carbons (Fsp3) is 0.611. The van der Waals surface area contributed by atoms with Gasteiger partial charge in [-0.3, -0.25) is 4.79 Å². The van der Waals surface area contributed by atoms with Crippen molar-refractivity contribution in [2.24, 2.45) is 0 Å². The van der Waals surface area contributed by atoms with Crippen molar-refractivity contribution in [2.75, 3.05) is 13.1 Å². The molecule has 3 nitrogen and oxygen atoms in total. The second-order valence-electron chi connectivity index (χ2n) is 6.61. The van der Waals surface area contributed by atoms with Crippen molar-refractivity contribution in [1.29, 1.82) is 0 Å². The summed E-state index contributed by atoms with van der Waals surface area (Å²) in [6, 6.07) is 5.10. The van der Waals surface area contributed by atoms with Gasteiger partial charge >= 0.3 is 0 Å².